The molecule has 1 saturated heterocycles. The van der Waals surface area contributed by atoms with Crippen molar-refractivity contribution in [3.63, 3.8) is 0 Å². The van der Waals surface area contributed by atoms with Crippen molar-refractivity contribution in [2.75, 3.05) is 11.5 Å². The third-order valence-electron chi connectivity index (χ3n) is 3.24. The minimum atomic E-state index is -2.86. The number of H-pyrrole nitrogens is 1. The zero-order valence-electron chi connectivity index (χ0n) is 8.72. The maximum atomic E-state index is 11.4. The molecule has 1 saturated carbocycles. The Kier molecular flexibility index (Phi) is 2.22. The van der Waals surface area contributed by atoms with Crippen molar-refractivity contribution in [1.29, 1.82) is 0 Å². The molecule has 0 aromatic carbocycles. The zero-order chi connectivity index (χ0) is 11.3. The maximum Gasteiger partial charge on any atom is 0.195 e. The molecular weight excluding hydrogens is 246 g/mol. The number of nitrogens with zero attached hydrogens (tertiary/aromatic N) is 2. The summed E-state index contributed by atoms with van der Waals surface area (Å²) in [5, 5.41) is 6.99. The SMILES string of the molecule is O=S1(=O)CCC(c2n[nH]c(=S)n2C2CC2)C1. The summed E-state index contributed by atoms with van der Waals surface area (Å²) in [5.41, 5.74) is 0. The molecular formula is C9H13N3O2S2. The van der Waals surface area contributed by atoms with Crippen molar-refractivity contribution in [2.24, 2.45) is 0 Å². The lowest BCUT2D eigenvalue weighted by Gasteiger charge is -2.09. The van der Waals surface area contributed by atoms with Gasteiger partial charge in [0.15, 0.2) is 14.6 Å². The molecule has 0 amide bonds. The number of hydrogen-bond acceptors (Lipinski definition) is 4. The van der Waals surface area contributed by atoms with Crippen LogP contribution in [0.5, 0.6) is 0 Å². The van der Waals surface area contributed by atoms with Crippen LogP contribution in [0.4, 0.5) is 0 Å². The van der Waals surface area contributed by atoms with E-state index in [4.69, 9.17) is 12.2 Å². The third kappa shape index (κ3) is 1.71. The van der Waals surface area contributed by atoms with E-state index in [1.807, 2.05) is 4.57 Å². The number of rotatable bonds is 2. The van der Waals surface area contributed by atoms with Gasteiger partial charge < -0.3 is 4.57 Å². The highest BCUT2D eigenvalue weighted by Gasteiger charge is 2.35. The molecule has 2 fully saturated rings. The van der Waals surface area contributed by atoms with E-state index in [0.29, 0.717) is 17.2 Å². The molecule has 2 aliphatic rings. The van der Waals surface area contributed by atoms with Gasteiger partial charge in [0.05, 0.1) is 11.5 Å². The Morgan fingerprint density at radius 3 is 2.69 bits per heavy atom. The van der Waals surface area contributed by atoms with Crippen LogP contribution >= 0.6 is 12.2 Å². The summed E-state index contributed by atoms with van der Waals surface area (Å²) < 4.78 is 25.5. The average Bonchev–Trinajstić information content (AvgIpc) is 2.88. The molecule has 3 rings (SSSR count). The van der Waals surface area contributed by atoms with Gasteiger partial charge in [-0.2, -0.15) is 5.10 Å². The average molecular weight is 259 g/mol. The lowest BCUT2D eigenvalue weighted by molar-refractivity contribution is 0.596. The Bertz CT molecular complexity index is 568. The van der Waals surface area contributed by atoms with Crippen molar-refractivity contribution in [2.45, 2.75) is 31.2 Å². The fourth-order valence-corrected chi connectivity index (χ4v) is 4.32. The summed E-state index contributed by atoms with van der Waals surface area (Å²) in [6.07, 6.45) is 2.93. The highest BCUT2D eigenvalue weighted by atomic mass is 32.2. The normalized spacial score (nSPS) is 28.4. The van der Waals surface area contributed by atoms with Crippen molar-refractivity contribution < 1.29 is 8.42 Å². The topological polar surface area (TPSA) is 67.8 Å². The molecule has 16 heavy (non-hydrogen) atoms. The monoisotopic (exact) mass is 259 g/mol. The van der Waals surface area contributed by atoms with Gasteiger partial charge in [0.1, 0.15) is 5.82 Å². The van der Waals surface area contributed by atoms with Crippen LogP contribution in [-0.4, -0.2) is 34.7 Å². The lowest BCUT2D eigenvalue weighted by atomic mass is 10.1. The van der Waals surface area contributed by atoms with E-state index >= 15 is 0 Å². The molecule has 1 aliphatic carbocycles. The summed E-state index contributed by atoms with van der Waals surface area (Å²) in [6.45, 7) is 0. The standard InChI is InChI=1S/C9H13N3O2S2/c13-16(14)4-3-6(5-16)8-10-11-9(15)12(8)7-1-2-7/h6-7H,1-5H2,(H,11,15). The van der Waals surface area contributed by atoms with Gasteiger partial charge >= 0.3 is 0 Å². The highest BCUT2D eigenvalue weighted by molar-refractivity contribution is 7.91. The third-order valence-corrected chi connectivity index (χ3v) is 5.30. The van der Waals surface area contributed by atoms with E-state index in [0.717, 1.165) is 18.7 Å². The number of aromatic nitrogens is 3. The molecule has 1 aromatic heterocycles. The highest BCUT2D eigenvalue weighted by Crippen LogP contribution is 2.38. The molecule has 1 atom stereocenters. The predicted octanol–water partition coefficient (Wildman–Crippen LogP) is 1.18. The minimum Gasteiger partial charge on any atom is -0.301 e. The molecule has 88 valence electrons. The first-order chi connectivity index (χ1) is 7.57. The minimum absolute atomic E-state index is 0.0264. The fourth-order valence-electron chi connectivity index (χ4n) is 2.29. The van der Waals surface area contributed by atoms with Gasteiger partial charge in [0, 0.05) is 12.0 Å². The lowest BCUT2D eigenvalue weighted by Crippen LogP contribution is -2.10. The van der Waals surface area contributed by atoms with Crippen LogP contribution in [0.2, 0.25) is 0 Å². The van der Waals surface area contributed by atoms with E-state index < -0.39 is 9.84 Å². The molecule has 1 N–H and O–H groups in total. The second-order valence-electron chi connectivity index (χ2n) is 4.59. The first-order valence-electron chi connectivity index (χ1n) is 5.44. The van der Waals surface area contributed by atoms with Gasteiger partial charge in [-0.3, -0.25) is 5.10 Å². The first kappa shape index (κ1) is 10.5. The van der Waals surface area contributed by atoms with Gasteiger partial charge in [-0.15, -0.1) is 0 Å². The number of sulfone groups is 1. The van der Waals surface area contributed by atoms with Gasteiger partial charge in [-0.1, -0.05) is 0 Å². The maximum absolute atomic E-state index is 11.4. The van der Waals surface area contributed by atoms with Gasteiger partial charge in [-0.25, -0.2) is 8.42 Å². The smallest absolute Gasteiger partial charge is 0.195 e. The van der Waals surface area contributed by atoms with Crippen LogP contribution in [0.1, 0.15) is 37.0 Å². The molecule has 1 unspecified atom stereocenters. The Labute approximate surface area is 98.8 Å². The van der Waals surface area contributed by atoms with Gasteiger partial charge in [0.25, 0.3) is 0 Å². The van der Waals surface area contributed by atoms with E-state index in [9.17, 15) is 8.42 Å². The predicted molar refractivity (Wildman–Crippen MR) is 61.7 cm³/mol. The molecule has 0 radical (unpaired) electrons. The van der Waals surface area contributed by atoms with Crippen LogP contribution in [0.3, 0.4) is 0 Å². The number of aromatic amines is 1. The molecule has 1 aliphatic heterocycles. The van der Waals surface area contributed by atoms with Crippen LogP contribution in [0, 0.1) is 4.77 Å². The Morgan fingerprint density at radius 1 is 1.38 bits per heavy atom. The van der Waals surface area contributed by atoms with E-state index in [1.165, 1.54) is 0 Å². The molecule has 1 aromatic rings. The molecule has 5 nitrogen and oxygen atoms in total. The molecule has 2 heterocycles. The largest absolute Gasteiger partial charge is 0.301 e. The van der Waals surface area contributed by atoms with E-state index in [1.54, 1.807) is 0 Å². The molecule has 0 bridgehead atoms. The van der Waals surface area contributed by atoms with Crippen molar-refractivity contribution in [1.82, 2.24) is 14.8 Å². The number of hydrogen-bond donors (Lipinski definition) is 1. The Balaban J connectivity index is 1.98. The summed E-state index contributed by atoms with van der Waals surface area (Å²) in [7, 11) is -2.86. The quantitative estimate of drug-likeness (QED) is 0.810. The molecule has 7 heteroatoms. The Hall–Kier alpha value is -0.690. The summed E-state index contributed by atoms with van der Waals surface area (Å²) >= 11 is 5.18. The van der Waals surface area contributed by atoms with E-state index in [2.05, 4.69) is 10.2 Å². The zero-order valence-corrected chi connectivity index (χ0v) is 10.4. The fraction of sp³-hybridized carbons (Fsp3) is 0.778. The summed E-state index contributed by atoms with van der Waals surface area (Å²) in [6, 6.07) is 0.449. The first-order valence-corrected chi connectivity index (χ1v) is 7.67. The Morgan fingerprint density at radius 2 is 2.12 bits per heavy atom. The van der Waals surface area contributed by atoms with Gasteiger partial charge in [0.2, 0.25) is 0 Å². The van der Waals surface area contributed by atoms with Crippen molar-refractivity contribution in [3.05, 3.63) is 10.6 Å². The summed E-state index contributed by atoms with van der Waals surface area (Å²) in [5.74, 6) is 1.37. The number of nitrogens with one attached hydrogen (secondary N) is 1. The van der Waals surface area contributed by atoms with Crippen LogP contribution in [0.15, 0.2) is 0 Å². The van der Waals surface area contributed by atoms with Crippen LogP contribution in [-0.2, 0) is 9.84 Å². The van der Waals surface area contributed by atoms with Gasteiger partial charge in [-0.05, 0) is 31.5 Å². The molecule has 0 spiro atoms. The van der Waals surface area contributed by atoms with E-state index in [-0.39, 0.29) is 17.4 Å². The van der Waals surface area contributed by atoms with Crippen molar-refractivity contribution in [3.8, 4) is 0 Å². The van der Waals surface area contributed by atoms with Crippen LogP contribution in [0.25, 0.3) is 0 Å². The second kappa shape index (κ2) is 3.40. The second-order valence-corrected chi connectivity index (χ2v) is 7.20. The summed E-state index contributed by atoms with van der Waals surface area (Å²) in [4.78, 5) is 0. The van der Waals surface area contributed by atoms with Crippen molar-refractivity contribution >= 4 is 22.1 Å². The van der Waals surface area contributed by atoms with Crippen LogP contribution < -0.4 is 0 Å².